The number of phenols is 1. The Labute approximate surface area is 118 Å². The molecular formula is C16H18N2O2. The van der Waals surface area contributed by atoms with Crippen LogP contribution >= 0.6 is 0 Å². The second-order valence-corrected chi connectivity index (χ2v) is 4.71. The first-order chi connectivity index (χ1) is 9.60. The van der Waals surface area contributed by atoms with E-state index in [-0.39, 0.29) is 18.1 Å². The number of aryl methyl sites for hydroxylation is 1. The summed E-state index contributed by atoms with van der Waals surface area (Å²) in [7, 11) is 0. The van der Waals surface area contributed by atoms with Crippen molar-refractivity contribution in [1.29, 1.82) is 0 Å². The summed E-state index contributed by atoms with van der Waals surface area (Å²) in [5.41, 5.74) is 8.91. The molecule has 1 amide bonds. The highest BCUT2D eigenvalue weighted by atomic mass is 16.3. The van der Waals surface area contributed by atoms with Crippen molar-refractivity contribution in [3.63, 3.8) is 0 Å². The van der Waals surface area contributed by atoms with E-state index in [0.717, 1.165) is 16.8 Å². The second kappa shape index (κ2) is 6.21. The van der Waals surface area contributed by atoms with Crippen molar-refractivity contribution in [2.24, 2.45) is 5.73 Å². The van der Waals surface area contributed by atoms with Gasteiger partial charge in [-0.2, -0.15) is 0 Å². The van der Waals surface area contributed by atoms with Crippen molar-refractivity contribution in [1.82, 2.24) is 0 Å². The van der Waals surface area contributed by atoms with Crippen LogP contribution in [0.3, 0.4) is 0 Å². The van der Waals surface area contributed by atoms with Gasteiger partial charge in [-0.05, 0) is 30.2 Å². The summed E-state index contributed by atoms with van der Waals surface area (Å²) in [6.45, 7) is 2.36. The zero-order valence-corrected chi connectivity index (χ0v) is 11.4. The summed E-state index contributed by atoms with van der Waals surface area (Å²) in [5.74, 6) is -0.0288. The van der Waals surface area contributed by atoms with Crippen LogP contribution < -0.4 is 11.1 Å². The maximum absolute atomic E-state index is 12.0. The van der Waals surface area contributed by atoms with Crippen LogP contribution in [0.1, 0.15) is 16.7 Å². The molecule has 4 heteroatoms. The third-order valence-corrected chi connectivity index (χ3v) is 3.15. The largest absolute Gasteiger partial charge is 0.508 e. The molecule has 0 aromatic heterocycles. The molecule has 2 aromatic carbocycles. The number of rotatable bonds is 4. The average Bonchev–Trinajstić information content (AvgIpc) is 2.44. The minimum Gasteiger partial charge on any atom is -0.508 e. The molecule has 20 heavy (non-hydrogen) atoms. The van der Waals surface area contributed by atoms with Gasteiger partial charge in [0.2, 0.25) is 5.91 Å². The van der Waals surface area contributed by atoms with Gasteiger partial charge in [0.1, 0.15) is 5.75 Å². The van der Waals surface area contributed by atoms with Crippen molar-refractivity contribution < 1.29 is 9.90 Å². The summed E-state index contributed by atoms with van der Waals surface area (Å²) in [6, 6.07) is 12.6. The molecule has 0 aliphatic rings. The molecular weight excluding hydrogens is 252 g/mol. The van der Waals surface area contributed by atoms with E-state index in [9.17, 15) is 9.90 Å². The highest BCUT2D eigenvalue weighted by Crippen LogP contribution is 2.19. The number of nitrogens with one attached hydrogen (secondary N) is 1. The Morgan fingerprint density at radius 2 is 2.00 bits per heavy atom. The molecule has 0 unspecified atom stereocenters. The lowest BCUT2D eigenvalue weighted by Crippen LogP contribution is -2.15. The van der Waals surface area contributed by atoms with Crippen molar-refractivity contribution in [3.05, 3.63) is 59.2 Å². The van der Waals surface area contributed by atoms with E-state index in [1.807, 2.05) is 25.1 Å². The van der Waals surface area contributed by atoms with Gasteiger partial charge < -0.3 is 16.2 Å². The van der Waals surface area contributed by atoms with Crippen LogP contribution in [0, 0.1) is 6.92 Å². The number of hydrogen-bond donors (Lipinski definition) is 3. The predicted octanol–water partition coefficient (Wildman–Crippen LogP) is 2.34. The van der Waals surface area contributed by atoms with Crippen molar-refractivity contribution >= 4 is 11.6 Å². The van der Waals surface area contributed by atoms with E-state index in [4.69, 9.17) is 5.73 Å². The molecule has 0 aliphatic carbocycles. The Balaban J connectivity index is 2.10. The number of hydrogen-bond acceptors (Lipinski definition) is 3. The number of benzene rings is 2. The lowest BCUT2D eigenvalue weighted by atomic mass is 10.1. The first-order valence-electron chi connectivity index (χ1n) is 6.46. The normalized spacial score (nSPS) is 10.3. The summed E-state index contributed by atoms with van der Waals surface area (Å²) >= 11 is 0. The van der Waals surface area contributed by atoms with E-state index < -0.39 is 0 Å². The van der Waals surface area contributed by atoms with Crippen molar-refractivity contribution in [2.75, 3.05) is 5.32 Å². The highest BCUT2D eigenvalue weighted by Gasteiger charge is 2.09. The quantitative estimate of drug-likeness (QED) is 0.798. The molecule has 0 atom stereocenters. The maximum Gasteiger partial charge on any atom is 0.228 e. The zero-order chi connectivity index (χ0) is 14.5. The van der Waals surface area contributed by atoms with Gasteiger partial charge in [0.15, 0.2) is 0 Å². The summed E-state index contributed by atoms with van der Waals surface area (Å²) in [4.78, 5) is 12.0. The molecule has 0 heterocycles. The molecule has 0 spiro atoms. The van der Waals surface area contributed by atoms with Crippen LogP contribution in [0.25, 0.3) is 0 Å². The van der Waals surface area contributed by atoms with Gasteiger partial charge in [-0.3, -0.25) is 4.79 Å². The monoisotopic (exact) mass is 270 g/mol. The fourth-order valence-electron chi connectivity index (χ4n) is 1.96. The van der Waals surface area contributed by atoms with Crippen molar-refractivity contribution in [3.8, 4) is 5.75 Å². The molecule has 0 radical (unpaired) electrons. The number of carbonyl (C=O) groups is 1. The minimum atomic E-state index is -0.163. The fourth-order valence-corrected chi connectivity index (χ4v) is 1.96. The smallest absolute Gasteiger partial charge is 0.228 e. The third-order valence-electron chi connectivity index (χ3n) is 3.15. The SMILES string of the molecule is Cc1ccc(CN)cc1NC(=O)Cc1ccccc1O. The van der Waals surface area contributed by atoms with Crippen LogP contribution in [-0.4, -0.2) is 11.0 Å². The van der Waals surface area contributed by atoms with Crippen molar-refractivity contribution in [2.45, 2.75) is 19.9 Å². The molecule has 4 nitrogen and oxygen atoms in total. The molecule has 0 saturated heterocycles. The number of anilines is 1. The van der Waals surface area contributed by atoms with Gasteiger partial charge in [-0.15, -0.1) is 0 Å². The summed E-state index contributed by atoms with van der Waals surface area (Å²) in [6.07, 6.45) is 0.138. The number of para-hydroxylation sites is 1. The maximum atomic E-state index is 12.0. The third kappa shape index (κ3) is 3.36. The van der Waals surface area contributed by atoms with E-state index in [2.05, 4.69) is 5.32 Å². The number of carbonyl (C=O) groups excluding carboxylic acids is 1. The minimum absolute atomic E-state index is 0.134. The number of phenolic OH excluding ortho intramolecular Hbond substituents is 1. The molecule has 2 rings (SSSR count). The zero-order valence-electron chi connectivity index (χ0n) is 11.4. The lowest BCUT2D eigenvalue weighted by Gasteiger charge is -2.10. The van der Waals surface area contributed by atoms with Gasteiger partial charge >= 0.3 is 0 Å². The van der Waals surface area contributed by atoms with Crippen LogP contribution in [-0.2, 0) is 17.8 Å². The molecule has 0 fully saturated rings. The number of amides is 1. The van der Waals surface area contributed by atoms with Gasteiger partial charge in [0.05, 0.1) is 6.42 Å². The van der Waals surface area contributed by atoms with Crippen LogP contribution in [0.4, 0.5) is 5.69 Å². The van der Waals surface area contributed by atoms with Crippen LogP contribution in [0.5, 0.6) is 5.75 Å². The first-order valence-corrected chi connectivity index (χ1v) is 6.46. The van der Waals surface area contributed by atoms with Gasteiger partial charge in [-0.25, -0.2) is 0 Å². The molecule has 2 aromatic rings. The second-order valence-electron chi connectivity index (χ2n) is 4.71. The van der Waals surface area contributed by atoms with Gasteiger partial charge in [0.25, 0.3) is 0 Å². The highest BCUT2D eigenvalue weighted by molar-refractivity contribution is 5.93. The number of aromatic hydroxyl groups is 1. The van der Waals surface area contributed by atoms with Crippen LogP contribution in [0.15, 0.2) is 42.5 Å². The molecule has 4 N–H and O–H groups in total. The number of nitrogens with two attached hydrogens (primary N) is 1. The van der Waals surface area contributed by atoms with Gasteiger partial charge in [-0.1, -0.05) is 30.3 Å². The molecule has 0 aliphatic heterocycles. The predicted molar refractivity (Wildman–Crippen MR) is 79.5 cm³/mol. The average molecular weight is 270 g/mol. The Hall–Kier alpha value is -2.33. The topological polar surface area (TPSA) is 75.3 Å². The Kier molecular flexibility index (Phi) is 4.38. The van der Waals surface area contributed by atoms with E-state index in [1.54, 1.807) is 24.3 Å². The van der Waals surface area contributed by atoms with E-state index >= 15 is 0 Å². The summed E-state index contributed by atoms with van der Waals surface area (Å²) < 4.78 is 0. The summed E-state index contributed by atoms with van der Waals surface area (Å²) in [5, 5.41) is 12.5. The van der Waals surface area contributed by atoms with Gasteiger partial charge in [0, 0.05) is 17.8 Å². The van der Waals surface area contributed by atoms with E-state index in [1.165, 1.54) is 0 Å². The molecule has 0 saturated carbocycles. The first kappa shape index (κ1) is 14.1. The molecule has 104 valence electrons. The van der Waals surface area contributed by atoms with Crippen LogP contribution in [0.2, 0.25) is 0 Å². The lowest BCUT2D eigenvalue weighted by molar-refractivity contribution is -0.115. The van der Waals surface area contributed by atoms with E-state index in [0.29, 0.717) is 12.1 Å². The Morgan fingerprint density at radius 1 is 1.25 bits per heavy atom. The Morgan fingerprint density at radius 3 is 2.70 bits per heavy atom. The standard InChI is InChI=1S/C16H18N2O2/c1-11-6-7-12(10-17)8-14(11)18-16(20)9-13-4-2-3-5-15(13)19/h2-8,19H,9-10,17H2,1H3,(H,18,20). The fraction of sp³-hybridized carbons (Fsp3) is 0.188. The molecule has 0 bridgehead atoms. The Bertz CT molecular complexity index is 624.